The predicted octanol–water partition coefficient (Wildman–Crippen LogP) is 15.4. The molecule has 2 aliphatic rings. The first kappa shape index (κ1) is 80.8. The van der Waals surface area contributed by atoms with Crippen LogP contribution < -0.4 is 5.32 Å². The van der Waals surface area contributed by atoms with Gasteiger partial charge in [0.1, 0.15) is 48.8 Å². The Bertz CT molecular complexity index is 1490. The molecule has 0 aromatic heterocycles. The lowest BCUT2D eigenvalue weighted by Crippen LogP contribution is -2.65. The second-order valence-corrected chi connectivity index (χ2v) is 26.4. The maximum atomic E-state index is 13.3. The quantitative estimate of drug-likeness (QED) is 0.0204. The van der Waals surface area contributed by atoms with Gasteiger partial charge in [-0.3, -0.25) is 4.79 Å². The number of rotatable bonds is 62. The fraction of sp³-hybridized carbons (Fsp3) is 0.958. The normalized spacial score (nSPS) is 23.4. The third-order valence-corrected chi connectivity index (χ3v) is 18.5. The van der Waals surface area contributed by atoms with E-state index in [2.05, 4.69) is 19.2 Å². The fourth-order valence-corrected chi connectivity index (χ4v) is 12.6. The van der Waals surface area contributed by atoms with Crippen molar-refractivity contribution < 1.29 is 64.6 Å². The van der Waals surface area contributed by atoms with Crippen molar-refractivity contribution in [1.82, 2.24) is 5.32 Å². The summed E-state index contributed by atoms with van der Waals surface area (Å²) in [5, 5.41) is 87.5. The lowest BCUT2D eigenvalue weighted by atomic mass is 9.97. The molecule has 0 bridgehead atoms. The summed E-state index contributed by atoms with van der Waals surface area (Å²) >= 11 is 0. The van der Waals surface area contributed by atoms with Crippen molar-refractivity contribution in [3.63, 3.8) is 0 Å². The summed E-state index contributed by atoms with van der Waals surface area (Å²) in [6.07, 6.45) is 54.2. The zero-order valence-electron chi connectivity index (χ0n) is 55.6. The Balaban J connectivity index is 1.65. The minimum Gasteiger partial charge on any atom is -0.394 e. The molecule has 0 saturated carbocycles. The molecule has 2 fully saturated rings. The average molecular weight is 1230 g/mol. The summed E-state index contributed by atoms with van der Waals surface area (Å²) < 4.78 is 22.9. The average Bonchev–Trinajstić information content (AvgIpc) is 2.54. The first-order chi connectivity index (χ1) is 42.1. The van der Waals surface area contributed by atoms with E-state index < -0.39 is 86.8 Å². The Morgan fingerprint density at radius 2 is 0.721 bits per heavy atom. The monoisotopic (exact) mass is 1230 g/mol. The first-order valence-corrected chi connectivity index (χ1v) is 36.9. The zero-order chi connectivity index (χ0) is 62.3. The molecular formula is C72H139NO13. The highest BCUT2D eigenvalue weighted by molar-refractivity contribution is 5.76. The van der Waals surface area contributed by atoms with Gasteiger partial charge in [-0.2, -0.15) is 0 Å². The van der Waals surface area contributed by atoms with Crippen LogP contribution in [0.1, 0.15) is 348 Å². The number of aliphatic hydroxyl groups is 8. The number of ether oxygens (including phenoxy) is 4. The fourth-order valence-electron chi connectivity index (χ4n) is 12.6. The van der Waals surface area contributed by atoms with Crippen LogP contribution in [0.5, 0.6) is 0 Å². The molecule has 86 heavy (non-hydrogen) atoms. The van der Waals surface area contributed by atoms with Crippen LogP contribution in [0.25, 0.3) is 0 Å². The number of aliphatic hydroxyl groups excluding tert-OH is 8. The Labute approximate surface area is 526 Å². The third kappa shape index (κ3) is 41.3. The number of unbranched alkanes of at least 4 members (excludes halogenated alkanes) is 49. The Kier molecular flexibility index (Phi) is 54.1. The molecule has 0 aliphatic carbocycles. The molecule has 510 valence electrons. The van der Waals surface area contributed by atoms with E-state index in [4.69, 9.17) is 18.9 Å². The van der Waals surface area contributed by atoms with E-state index >= 15 is 0 Å². The SMILES string of the molecule is CCCCCCCCCCCCCCCCCCCCCCCCCCCCCC/C=C/C(O)C(COC1OC(CO)C(OC2OC(CO)C(O)C(O)C2O)C(O)C1O)NC(=O)CCCCCCCCCCCCCCCCCCCCCCCC. The van der Waals surface area contributed by atoms with Gasteiger partial charge in [-0.1, -0.05) is 334 Å². The van der Waals surface area contributed by atoms with Crippen LogP contribution in [0, 0.1) is 0 Å². The van der Waals surface area contributed by atoms with Gasteiger partial charge in [0, 0.05) is 6.42 Å². The van der Waals surface area contributed by atoms with Crippen molar-refractivity contribution in [2.24, 2.45) is 0 Å². The van der Waals surface area contributed by atoms with E-state index in [0.29, 0.717) is 6.42 Å². The summed E-state index contributed by atoms with van der Waals surface area (Å²) in [6.45, 7) is 2.87. The van der Waals surface area contributed by atoms with Gasteiger partial charge in [0.25, 0.3) is 0 Å². The number of carbonyl (C=O) groups excluding carboxylic acids is 1. The largest absolute Gasteiger partial charge is 0.394 e. The number of hydrogen-bond acceptors (Lipinski definition) is 13. The topological polar surface area (TPSA) is 228 Å². The Morgan fingerprint density at radius 3 is 1.07 bits per heavy atom. The third-order valence-electron chi connectivity index (χ3n) is 18.5. The predicted molar refractivity (Wildman–Crippen MR) is 351 cm³/mol. The molecule has 14 heteroatoms. The van der Waals surface area contributed by atoms with Gasteiger partial charge in [-0.05, 0) is 19.3 Å². The minimum absolute atomic E-state index is 0.230. The molecule has 0 spiro atoms. The summed E-state index contributed by atoms with van der Waals surface area (Å²) in [5.41, 5.74) is 0. The van der Waals surface area contributed by atoms with Crippen molar-refractivity contribution in [3.8, 4) is 0 Å². The number of carbonyl (C=O) groups is 1. The molecule has 2 saturated heterocycles. The lowest BCUT2D eigenvalue weighted by Gasteiger charge is -2.46. The molecule has 0 aromatic carbocycles. The molecule has 2 rings (SSSR count). The molecule has 2 heterocycles. The standard InChI is InChI=1S/C72H139NO13/c1-3-5-7-9-11-13-15-17-19-21-23-25-27-28-29-30-31-32-33-34-35-37-39-41-43-45-47-49-51-53-55-61(76)60(59-83-71-69(82)67(80)70(63(58-75)85-71)86-72-68(81)66(79)65(78)62(57-74)84-72)73-64(77)56-54-52-50-48-46-44-42-40-38-36-26-24-22-20-18-16-14-12-10-8-6-4-2/h53,55,60-63,65-72,74-76,78-82H,3-52,54,56-59H2,1-2H3,(H,73,77)/b55-53+. The highest BCUT2D eigenvalue weighted by Crippen LogP contribution is 2.30. The van der Waals surface area contributed by atoms with E-state index in [0.717, 1.165) is 38.5 Å². The van der Waals surface area contributed by atoms with Crippen molar-refractivity contribution in [1.29, 1.82) is 0 Å². The van der Waals surface area contributed by atoms with E-state index in [1.807, 2.05) is 6.08 Å². The molecule has 9 N–H and O–H groups in total. The van der Waals surface area contributed by atoms with Gasteiger partial charge < -0.3 is 65.1 Å². The van der Waals surface area contributed by atoms with Crippen LogP contribution in [-0.4, -0.2) is 140 Å². The summed E-state index contributed by atoms with van der Waals surface area (Å²) in [4.78, 5) is 13.3. The lowest BCUT2D eigenvalue weighted by molar-refractivity contribution is -0.359. The van der Waals surface area contributed by atoms with Crippen LogP contribution in [0.3, 0.4) is 0 Å². The molecule has 0 radical (unpaired) electrons. The summed E-state index contributed by atoms with van der Waals surface area (Å²) in [6, 6.07) is -0.911. The number of amides is 1. The number of hydrogen-bond donors (Lipinski definition) is 9. The van der Waals surface area contributed by atoms with Crippen molar-refractivity contribution in [2.45, 2.75) is 421 Å². The van der Waals surface area contributed by atoms with Crippen molar-refractivity contribution >= 4 is 5.91 Å². The molecule has 0 aromatic rings. The molecule has 1 amide bonds. The molecule has 12 unspecified atom stereocenters. The number of allylic oxidation sites excluding steroid dienone is 1. The smallest absolute Gasteiger partial charge is 0.220 e. The molecule has 14 nitrogen and oxygen atoms in total. The van der Waals surface area contributed by atoms with Gasteiger partial charge in [-0.15, -0.1) is 0 Å². The van der Waals surface area contributed by atoms with Crippen molar-refractivity contribution in [2.75, 3.05) is 19.8 Å². The van der Waals surface area contributed by atoms with Gasteiger partial charge in [-0.25, -0.2) is 0 Å². The molecule has 2 aliphatic heterocycles. The second-order valence-electron chi connectivity index (χ2n) is 26.4. The van der Waals surface area contributed by atoms with Crippen molar-refractivity contribution in [3.05, 3.63) is 12.2 Å². The van der Waals surface area contributed by atoms with Crippen LogP contribution >= 0.6 is 0 Å². The molecular weight excluding hydrogens is 1090 g/mol. The van der Waals surface area contributed by atoms with Gasteiger partial charge in [0.2, 0.25) is 5.91 Å². The van der Waals surface area contributed by atoms with Crippen LogP contribution in [-0.2, 0) is 23.7 Å². The second kappa shape index (κ2) is 57.6. The van der Waals surface area contributed by atoms with E-state index in [-0.39, 0.29) is 18.9 Å². The summed E-state index contributed by atoms with van der Waals surface area (Å²) in [7, 11) is 0. The highest BCUT2D eigenvalue weighted by Gasteiger charge is 2.51. The summed E-state index contributed by atoms with van der Waals surface area (Å²) in [5.74, 6) is -0.230. The van der Waals surface area contributed by atoms with Gasteiger partial charge in [0.05, 0.1) is 32.0 Å². The Morgan fingerprint density at radius 1 is 0.407 bits per heavy atom. The van der Waals surface area contributed by atoms with Gasteiger partial charge >= 0.3 is 0 Å². The number of nitrogens with one attached hydrogen (secondary N) is 1. The van der Waals surface area contributed by atoms with Crippen LogP contribution in [0.15, 0.2) is 12.2 Å². The Hall–Kier alpha value is -1.27. The van der Waals surface area contributed by atoms with Crippen LogP contribution in [0.4, 0.5) is 0 Å². The first-order valence-electron chi connectivity index (χ1n) is 36.9. The minimum atomic E-state index is -1.79. The van der Waals surface area contributed by atoms with E-state index in [1.165, 1.54) is 283 Å². The van der Waals surface area contributed by atoms with Crippen LogP contribution in [0.2, 0.25) is 0 Å². The van der Waals surface area contributed by atoms with E-state index in [1.54, 1.807) is 6.08 Å². The molecule has 12 atom stereocenters. The maximum Gasteiger partial charge on any atom is 0.220 e. The zero-order valence-corrected chi connectivity index (χ0v) is 55.6. The van der Waals surface area contributed by atoms with Gasteiger partial charge in [0.15, 0.2) is 12.6 Å². The highest BCUT2D eigenvalue weighted by atomic mass is 16.7. The maximum absolute atomic E-state index is 13.3. The van der Waals surface area contributed by atoms with E-state index in [9.17, 15) is 45.6 Å².